The summed E-state index contributed by atoms with van der Waals surface area (Å²) < 4.78 is 6.38. The van der Waals surface area contributed by atoms with E-state index < -0.39 is 0 Å². The number of piperidine rings is 1. The molecule has 4 nitrogen and oxygen atoms in total. The SMILES string of the molecule is N#Cc1ccc(-c2c(OC3CCNCC3)ccc3cnccc23)cc1. The average Bonchev–Trinajstić information content (AvgIpc) is 2.69. The van der Waals surface area contributed by atoms with E-state index in [2.05, 4.69) is 22.4 Å². The zero-order valence-corrected chi connectivity index (χ0v) is 13.9. The number of hydrogen-bond acceptors (Lipinski definition) is 4. The van der Waals surface area contributed by atoms with Gasteiger partial charge in [0.1, 0.15) is 11.9 Å². The van der Waals surface area contributed by atoms with Gasteiger partial charge in [-0.1, -0.05) is 12.1 Å². The summed E-state index contributed by atoms with van der Waals surface area (Å²) in [5.74, 6) is 0.898. The number of hydrogen-bond donors (Lipinski definition) is 1. The topological polar surface area (TPSA) is 57.9 Å². The summed E-state index contributed by atoms with van der Waals surface area (Å²) in [5, 5.41) is 14.6. The van der Waals surface area contributed by atoms with Crippen LogP contribution in [0.3, 0.4) is 0 Å². The molecule has 1 aromatic heterocycles. The van der Waals surface area contributed by atoms with Gasteiger partial charge in [-0.15, -0.1) is 0 Å². The van der Waals surface area contributed by atoms with Gasteiger partial charge in [0, 0.05) is 23.3 Å². The molecule has 0 saturated carbocycles. The van der Waals surface area contributed by atoms with Crippen molar-refractivity contribution in [3.8, 4) is 22.9 Å². The lowest BCUT2D eigenvalue weighted by atomic mass is 9.97. The second-order valence-electron chi connectivity index (χ2n) is 6.29. The zero-order valence-electron chi connectivity index (χ0n) is 13.9. The molecule has 124 valence electrons. The number of nitrogens with one attached hydrogen (secondary N) is 1. The summed E-state index contributed by atoms with van der Waals surface area (Å²) in [6, 6.07) is 16.0. The highest BCUT2D eigenvalue weighted by Crippen LogP contribution is 2.38. The lowest BCUT2D eigenvalue weighted by molar-refractivity contribution is 0.163. The van der Waals surface area contributed by atoms with Gasteiger partial charge in [-0.25, -0.2) is 0 Å². The van der Waals surface area contributed by atoms with Crippen molar-refractivity contribution in [1.29, 1.82) is 5.26 Å². The fourth-order valence-electron chi connectivity index (χ4n) is 3.35. The van der Waals surface area contributed by atoms with E-state index in [1.54, 1.807) is 0 Å². The first-order valence-electron chi connectivity index (χ1n) is 8.60. The Bertz CT molecular complexity index is 922. The summed E-state index contributed by atoms with van der Waals surface area (Å²) in [7, 11) is 0. The van der Waals surface area contributed by atoms with Gasteiger partial charge < -0.3 is 10.1 Å². The van der Waals surface area contributed by atoms with E-state index in [0.717, 1.165) is 53.6 Å². The Hall–Kier alpha value is -2.90. The van der Waals surface area contributed by atoms with Crippen LogP contribution in [0.2, 0.25) is 0 Å². The minimum absolute atomic E-state index is 0.234. The van der Waals surface area contributed by atoms with Crippen LogP contribution in [0.25, 0.3) is 21.9 Å². The van der Waals surface area contributed by atoms with Crippen molar-refractivity contribution in [2.45, 2.75) is 18.9 Å². The summed E-state index contributed by atoms with van der Waals surface area (Å²) >= 11 is 0. The van der Waals surface area contributed by atoms with Crippen molar-refractivity contribution in [3.63, 3.8) is 0 Å². The van der Waals surface area contributed by atoms with Gasteiger partial charge >= 0.3 is 0 Å². The average molecular weight is 329 g/mol. The van der Waals surface area contributed by atoms with Crippen molar-refractivity contribution in [3.05, 3.63) is 60.4 Å². The van der Waals surface area contributed by atoms with E-state index in [0.29, 0.717) is 5.56 Å². The normalized spacial score (nSPS) is 15.0. The summed E-state index contributed by atoms with van der Waals surface area (Å²) in [6.07, 6.45) is 5.95. The Morgan fingerprint density at radius 1 is 1.04 bits per heavy atom. The molecule has 4 heteroatoms. The molecule has 3 aromatic rings. The van der Waals surface area contributed by atoms with Gasteiger partial charge in [-0.2, -0.15) is 5.26 Å². The maximum absolute atomic E-state index is 9.05. The number of nitriles is 1. The molecular formula is C21H19N3O. The van der Waals surface area contributed by atoms with E-state index >= 15 is 0 Å². The second-order valence-corrected chi connectivity index (χ2v) is 6.29. The Morgan fingerprint density at radius 3 is 2.60 bits per heavy atom. The first-order chi connectivity index (χ1) is 12.3. The molecule has 0 unspecified atom stereocenters. The molecule has 0 bridgehead atoms. The largest absolute Gasteiger partial charge is 0.490 e. The quantitative estimate of drug-likeness (QED) is 0.791. The van der Waals surface area contributed by atoms with Gasteiger partial charge in [0.25, 0.3) is 0 Å². The van der Waals surface area contributed by atoms with Crippen LogP contribution in [0.15, 0.2) is 54.9 Å². The third-order valence-corrected chi connectivity index (χ3v) is 4.66. The van der Waals surface area contributed by atoms with Crippen LogP contribution in [0.5, 0.6) is 5.75 Å². The minimum Gasteiger partial charge on any atom is -0.490 e. The number of rotatable bonds is 3. The summed E-state index contributed by atoms with van der Waals surface area (Å²) in [5.41, 5.74) is 2.79. The molecule has 25 heavy (non-hydrogen) atoms. The molecule has 1 aliphatic heterocycles. The van der Waals surface area contributed by atoms with Gasteiger partial charge in [-0.3, -0.25) is 4.98 Å². The maximum Gasteiger partial charge on any atom is 0.128 e. The smallest absolute Gasteiger partial charge is 0.128 e. The van der Waals surface area contributed by atoms with Crippen molar-refractivity contribution in [2.75, 3.05) is 13.1 Å². The molecule has 1 fully saturated rings. The molecule has 0 aliphatic carbocycles. The van der Waals surface area contributed by atoms with E-state index in [4.69, 9.17) is 10.00 Å². The summed E-state index contributed by atoms with van der Waals surface area (Å²) in [6.45, 7) is 1.99. The van der Waals surface area contributed by atoms with Crippen molar-refractivity contribution in [2.24, 2.45) is 0 Å². The van der Waals surface area contributed by atoms with Gasteiger partial charge in [0.2, 0.25) is 0 Å². The van der Waals surface area contributed by atoms with Crippen LogP contribution in [-0.4, -0.2) is 24.2 Å². The number of benzene rings is 2. The highest BCUT2D eigenvalue weighted by molar-refractivity contribution is 5.99. The summed E-state index contributed by atoms with van der Waals surface area (Å²) in [4.78, 5) is 4.23. The number of fused-ring (bicyclic) bond motifs is 1. The predicted octanol–water partition coefficient (Wildman–Crippen LogP) is 3.90. The molecule has 2 heterocycles. The fraction of sp³-hybridized carbons (Fsp3) is 0.238. The van der Waals surface area contributed by atoms with Crippen LogP contribution in [0.4, 0.5) is 0 Å². The van der Waals surface area contributed by atoms with Crippen LogP contribution in [0.1, 0.15) is 18.4 Å². The number of aromatic nitrogens is 1. The fourth-order valence-corrected chi connectivity index (χ4v) is 3.35. The van der Waals surface area contributed by atoms with Crippen LogP contribution >= 0.6 is 0 Å². The molecule has 0 spiro atoms. The lowest BCUT2D eigenvalue weighted by Gasteiger charge is -2.25. The van der Waals surface area contributed by atoms with Crippen molar-refractivity contribution < 1.29 is 4.74 Å². The molecule has 1 N–H and O–H groups in total. The molecule has 1 saturated heterocycles. The molecular weight excluding hydrogens is 310 g/mol. The van der Waals surface area contributed by atoms with Crippen LogP contribution in [0, 0.1) is 11.3 Å². The molecule has 4 rings (SSSR count). The minimum atomic E-state index is 0.234. The standard InChI is InChI=1S/C21H19N3O/c22-13-15-1-3-16(4-2-15)21-19-9-12-24-14-17(19)5-6-20(21)25-18-7-10-23-11-8-18/h1-6,9,12,14,18,23H,7-8,10-11H2. The molecule has 0 amide bonds. The number of pyridine rings is 1. The first kappa shape index (κ1) is 15.6. The van der Waals surface area contributed by atoms with Crippen LogP contribution in [-0.2, 0) is 0 Å². The highest BCUT2D eigenvalue weighted by atomic mass is 16.5. The van der Waals surface area contributed by atoms with E-state index in [-0.39, 0.29) is 6.10 Å². The molecule has 0 atom stereocenters. The molecule has 0 radical (unpaired) electrons. The zero-order chi connectivity index (χ0) is 17.1. The van der Waals surface area contributed by atoms with E-state index in [1.807, 2.05) is 48.8 Å². The van der Waals surface area contributed by atoms with Gasteiger partial charge in [0.05, 0.1) is 11.6 Å². The maximum atomic E-state index is 9.05. The second kappa shape index (κ2) is 6.92. The van der Waals surface area contributed by atoms with Crippen molar-refractivity contribution in [1.82, 2.24) is 10.3 Å². The van der Waals surface area contributed by atoms with Crippen molar-refractivity contribution >= 4 is 10.8 Å². The van der Waals surface area contributed by atoms with Crippen LogP contribution < -0.4 is 10.1 Å². The first-order valence-corrected chi connectivity index (χ1v) is 8.60. The monoisotopic (exact) mass is 329 g/mol. The third kappa shape index (κ3) is 3.19. The van der Waals surface area contributed by atoms with Gasteiger partial charge in [0.15, 0.2) is 0 Å². The van der Waals surface area contributed by atoms with Gasteiger partial charge in [-0.05, 0) is 67.2 Å². The predicted molar refractivity (Wildman–Crippen MR) is 98.4 cm³/mol. The Balaban J connectivity index is 1.82. The molecule has 2 aromatic carbocycles. The highest BCUT2D eigenvalue weighted by Gasteiger charge is 2.18. The van der Waals surface area contributed by atoms with E-state index in [1.165, 1.54) is 0 Å². The lowest BCUT2D eigenvalue weighted by Crippen LogP contribution is -2.34. The number of ether oxygens (including phenoxy) is 1. The Labute approximate surface area is 147 Å². The Morgan fingerprint density at radius 2 is 1.84 bits per heavy atom. The molecule has 1 aliphatic rings. The number of nitrogens with zero attached hydrogens (tertiary/aromatic N) is 2. The Kier molecular flexibility index (Phi) is 4.32. The van der Waals surface area contributed by atoms with E-state index in [9.17, 15) is 0 Å². The third-order valence-electron chi connectivity index (χ3n) is 4.66.